The quantitative estimate of drug-likeness (QED) is 0.826. The SMILES string of the molecule is Cc1cnn([C@H]2[C@H](O)C[C@@H]2NC(=O)COc2c(C)nn(C)c2C)c1. The van der Waals surface area contributed by atoms with Crippen molar-refractivity contribution in [3.8, 4) is 5.75 Å². The summed E-state index contributed by atoms with van der Waals surface area (Å²) in [7, 11) is 1.84. The van der Waals surface area contributed by atoms with E-state index in [0.29, 0.717) is 12.2 Å². The number of aryl methyl sites for hydroxylation is 3. The maximum absolute atomic E-state index is 12.2. The summed E-state index contributed by atoms with van der Waals surface area (Å²) < 4.78 is 9.05. The van der Waals surface area contributed by atoms with Crippen LogP contribution in [0.15, 0.2) is 12.4 Å². The molecule has 1 aliphatic carbocycles. The van der Waals surface area contributed by atoms with Crippen LogP contribution in [0.3, 0.4) is 0 Å². The molecule has 1 fully saturated rings. The second-order valence-electron chi connectivity index (χ2n) is 6.38. The number of hydrogen-bond donors (Lipinski definition) is 2. The minimum atomic E-state index is -0.502. The summed E-state index contributed by atoms with van der Waals surface area (Å²) in [5.41, 5.74) is 2.65. The van der Waals surface area contributed by atoms with Gasteiger partial charge < -0.3 is 15.2 Å². The Morgan fingerprint density at radius 3 is 2.75 bits per heavy atom. The summed E-state index contributed by atoms with van der Waals surface area (Å²) in [4.78, 5) is 12.2. The lowest BCUT2D eigenvalue weighted by Gasteiger charge is -2.41. The van der Waals surface area contributed by atoms with E-state index in [0.717, 1.165) is 17.0 Å². The van der Waals surface area contributed by atoms with Gasteiger partial charge in [0.25, 0.3) is 5.91 Å². The molecule has 3 rings (SSSR count). The second kappa shape index (κ2) is 6.27. The van der Waals surface area contributed by atoms with Crippen molar-refractivity contribution in [2.45, 2.75) is 45.4 Å². The highest BCUT2D eigenvalue weighted by Gasteiger charge is 2.42. The van der Waals surface area contributed by atoms with Gasteiger partial charge in [0, 0.05) is 13.2 Å². The molecule has 8 heteroatoms. The highest BCUT2D eigenvalue weighted by Crippen LogP contribution is 2.32. The third-order valence-electron chi connectivity index (χ3n) is 4.47. The summed E-state index contributed by atoms with van der Waals surface area (Å²) in [6.07, 6.45) is 3.62. The number of nitrogens with one attached hydrogen (secondary N) is 1. The lowest BCUT2D eigenvalue weighted by atomic mass is 9.83. The molecule has 24 heavy (non-hydrogen) atoms. The van der Waals surface area contributed by atoms with E-state index in [4.69, 9.17) is 4.74 Å². The van der Waals surface area contributed by atoms with Crippen LogP contribution in [0.1, 0.15) is 29.4 Å². The molecule has 0 aliphatic heterocycles. The number of ether oxygens (including phenoxy) is 1. The number of rotatable bonds is 5. The Balaban J connectivity index is 1.57. The van der Waals surface area contributed by atoms with Gasteiger partial charge in [-0.25, -0.2) is 0 Å². The van der Waals surface area contributed by atoms with E-state index in [1.165, 1.54) is 0 Å². The van der Waals surface area contributed by atoms with E-state index in [-0.39, 0.29) is 24.6 Å². The molecular formula is C16H23N5O3. The van der Waals surface area contributed by atoms with E-state index in [1.807, 2.05) is 34.0 Å². The molecule has 130 valence electrons. The first-order chi connectivity index (χ1) is 11.4. The largest absolute Gasteiger partial charge is 0.480 e. The lowest BCUT2D eigenvalue weighted by molar-refractivity contribution is -0.126. The van der Waals surface area contributed by atoms with Gasteiger partial charge in [-0.1, -0.05) is 0 Å². The number of nitrogens with zero attached hydrogens (tertiary/aromatic N) is 4. The fourth-order valence-corrected chi connectivity index (χ4v) is 3.06. The smallest absolute Gasteiger partial charge is 0.258 e. The maximum atomic E-state index is 12.2. The van der Waals surface area contributed by atoms with Crippen LogP contribution in [0.2, 0.25) is 0 Å². The van der Waals surface area contributed by atoms with Crippen molar-refractivity contribution in [2.24, 2.45) is 7.05 Å². The van der Waals surface area contributed by atoms with Gasteiger partial charge in [0.15, 0.2) is 12.4 Å². The predicted octanol–water partition coefficient (Wildman–Crippen LogP) is 0.411. The van der Waals surface area contributed by atoms with E-state index in [9.17, 15) is 9.90 Å². The summed E-state index contributed by atoms with van der Waals surface area (Å²) in [5.74, 6) is 0.420. The Labute approximate surface area is 140 Å². The van der Waals surface area contributed by atoms with Crippen LogP contribution >= 0.6 is 0 Å². The van der Waals surface area contributed by atoms with Gasteiger partial charge in [-0.15, -0.1) is 0 Å². The summed E-state index contributed by atoms with van der Waals surface area (Å²) in [6.45, 7) is 5.60. The van der Waals surface area contributed by atoms with E-state index >= 15 is 0 Å². The van der Waals surface area contributed by atoms with Gasteiger partial charge in [-0.2, -0.15) is 10.2 Å². The van der Waals surface area contributed by atoms with Crippen molar-refractivity contribution < 1.29 is 14.6 Å². The molecular weight excluding hydrogens is 310 g/mol. The number of hydrogen-bond acceptors (Lipinski definition) is 5. The van der Waals surface area contributed by atoms with Gasteiger partial charge >= 0.3 is 0 Å². The molecule has 2 N–H and O–H groups in total. The minimum absolute atomic E-state index is 0.0785. The molecule has 8 nitrogen and oxygen atoms in total. The van der Waals surface area contributed by atoms with Crippen LogP contribution in [0.4, 0.5) is 0 Å². The molecule has 1 aliphatic rings. The molecule has 1 saturated carbocycles. The first-order valence-corrected chi connectivity index (χ1v) is 7.98. The summed E-state index contributed by atoms with van der Waals surface area (Å²) >= 11 is 0. The average Bonchev–Trinajstić information content (AvgIpc) is 3.01. The van der Waals surface area contributed by atoms with Crippen LogP contribution in [-0.2, 0) is 11.8 Å². The van der Waals surface area contributed by atoms with Crippen LogP contribution < -0.4 is 10.1 Å². The molecule has 2 aromatic rings. The van der Waals surface area contributed by atoms with Gasteiger partial charge in [-0.05, 0) is 32.8 Å². The number of aliphatic hydroxyl groups excluding tert-OH is 1. The fraction of sp³-hybridized carbons (Fsp3) is 0.562. The molecule has 2 aromatic heterocycles. The Morgan fingerprint density at radius 1 is 1.46 bits per heavy atom. The van der Waals surface area contributed by atoms with Crippen molar-refractivity contribution in [3.63, 3.8) is 0 Å². The molecule has 0 saturated heterocycles. The molecule has 0 radical (unpaired) electrons. The van der Waals surface area contributed by atoms with E-state index < -0.39 is 6.10 Å². The average molecular weight is 333 g/mol. The molecule has 0 aromatic carbocycles. The van der Waals surface area contributed by atoms with Crippen molar-refractivity contribution in [2.75, 3.05) is 6.61 Å². The normalized spacial score (nSPS) is 23.0. The van der Waals surface area contributed by atoms with Crippen LogP contribution in [-0.4, -0.2) is 49.3 Å². The Bertz CT molecular complexity index is 751. The lowest BCUT2D eigenvalue weighted by Crippen LogP contribution is -2.56. The molecule has 0 unspecified atom stereocenters. The van der Waals surface area contributed by atoms with Crippen LogP contribution in [0.5, 0.6) is 5.75 Å². The van der Waals surface area contributed by atoms with Gasteiger partial charge in [0.2, 0.25) is 0 Å². The summed E-state index contributed by atoms with van der Waals surface area (Å²) in [5, 5.41) is 21.4. The molecule has 2 heterocycles. The number of carbonyl (C=O) groups excluding carboxylic acids is 1. The van der Waals surface area contributed by atoms with Crippen molar-refractivity contribution in [1.29, 1.82) is 0 Å². The van der Waals surface area contributed by atoms with Gasteiger partial charge in [0.1, 0.15) is 5.69 Å². The van der Waals surface area contributed by atoms with Gasteiger partial charge in [0.05, 0.1) is 30.1 Å². The minimum Gasteiger partial charge on any atom is -0.480 e. The second-order valence-corrected chi connectivity index (χ2v) is 6.38. The number of aromatic nitrogens is 4. The third kappa shape index (κ3) is 3.01. The number of carbonyl (C=O) groups is 1. The number of amides is 1. The standard InChI is InChI=1S/C16H23N5O3/c1-9-6-17-21(7-9)15-12(5-13(15)22)18-14(23)8-24-16-10(2)19-20(4)11(16)3/h6-7,12-13,15,22H,5,8H2,1-4H3,(H,18,23)/t12-,13+,15+/m0/s1. The fourth-order valence-electron chi connectivity index (χ4n) is 3.06. The maximum Gasteiger partial charge on any atom is 0.258 e. The van der Waals surface area contributed by atoms with Crippen LogP contribution in [0.25, 0.3) is 0 Å². The van der Waals surface area contributed by atoms with Crippen molar-refractivity contribution in [3.05, 3.63) is 29.3 Å². The Hall–Kier alpha value is -2.35. The van der Waals surface area contributed by atoms with Crippen LogP contribution in [0, 0.1) is 20.8 Å². The zero-order chi connectivity index (χ0) is 17.4. The predicted molar refractivity (Wildman–Crippen MR) is 86.7 cm³/mol. The zero-order valence-corrected chi connectivity index (χ0v) is 14.4. The van der Waals surface area contributed by atoms with Gasteiger partial charge in [-0.3, -0.25) is 14.2 Å². The molecule has 0 bridgehead atoms. The van der Waals surface area contributed by atoms with E-state index in [2.05, 4.69) is 15.5 Å². The molecule has 1 amide bonds. The number of aliphatic hydroxyl groups is 1. The zero-order valence-electron chi connectivity index (χ0n) is 14.4. The Kier molecular flexibility index (Phi) is 4.31. The topological polar surface area (TPSA) is 94.2 Å². The van der Waals surface area contributed by atoms with E-state index in [1.54, 1.807) is 15.6 Å². The summed E-state index contributed by atoms with van der Waals surface area (Å²) in [6, 6.07) is -0.379. The Morgan fingerprint density at radius 2 is 2.21 bits per heavy atom. The molecule has 3 atom stereocenters. The monoisotopic (exact) mass is 333 g/mol. The van der Waals surface area contributed by atoms with Crippen molar-refractivity contribution in [1.82, 2.24) is 24.9 Å². The first kappa shape index (κ1) is 16.5. The highest BCUT2D eigenvalue weighted by molar-refractivity contribution is 5.78. The van der Waals surface area contributed by atoms with Crippen molar-refractivity contribution >= 4 is 5.91 Å². The highest BCUT2D eigenvalue weighted by atomic mass is 16.5. The third-order valence-corrected chi connectivity index (χ3v) is 4.47. The molecule has 0 spiro atoms. The first-order valence-electron chi connectivity index (χ1n) is 7.98.